The van der Waals surface area contributed by atoms with E-state index < -0.39 is 0 Å². The van der Waals surface area contributed by atoms with Gasteiger partial charge in [0, 0.05) is 15.7 Å². The van der Waals surface area contributed by atoms with Crippen LogP contribution in [0.25, 0.3) is 0 Å². The molecule has 6 heteroatoms. The van der Waals surface area contributed by atoms with Gasteiger partial charge in [0.25, 0.3) is 0 Å². The van der Waals surface area contributed by atoms with E-state index in [1.807, 2.05) is 31.2 Å². The average molecular weight is 364 g/mol. The minimum absolute atomic E-state index is 0.154. The Balaban J connectivity index is 1.96. The summed E-state index contributed by atoms with van der Waals surface area (Å²) in [5.74, 6) is 0.154. The predicted molar refractivity (Wildman–Crippen MR) is 93.9 cm³/mol. The first-order chi connectivity index (χ1) is 10.1. The Morgan fingerprint density at radius 2 is 2.05 bits per heavy atom. The van der Waals surface area contributed by atoms with Gasteiger partial charge in [-0.15, -0.1) is 0 Å². The van der Waals surface area contributed by atoms with E-state index in [1.165, 1.54) is 6.21 Å². The van der Waals surface area contributed by atoms with Gasteiger partial charge in [0.05, 0.1) is 6.21 Å². The molecular formula is C15H14BrN3OS. The molecule has 2 aromatic rings. The normalized spacial score (nSPS) is 10.6. The van der Waals surface area contributed by atoms with Crippen molar-refractivity contribution in [3.05, 3.63) is 58.1 Å². The van der Waals surface area contributed by atoms with Crippen LogP contribution in [0.4, 0.5) is 5.69 Å². The third-order valence-corrected chi connectivity index (χ3v) is 3.44. The second kappa shape index (κ2) is 7.19. The number of nitrogens with zero attached hydrogens (tertiary/aromatic N) is 1. The van der Waals surface area contributed by atoms with Crippen molar-refractivity contribution in [1.29, 1.82) is 0 Å². The molecule has 0 saturated heterocycles. The predicted octanol–water partition coefficient (Wildman–Crippen LogP) is 3.78. The number of rotatable bonds is 3. The molecule has 0 heterocycles. The minimum Gasteiger partial charge on any atom is -0.507 e. The number of hydrazone groups is 1. The maximum absolute atomic E-state index is 9.68. The zero-order valence-corrected chi connectivity index (χ0v) is 13.7. The molecule has 0 amide bonds. The molecule has 2 rings (SSSR count). The van der Waals surface area contributed by atoms with Crippen LogP contribution in [0.15, 0.2) is 52.0 Å². The highest BCUT2D eigenvalue weighted by molar-refractivity contribution is 9.10. The fourth-order valence-electron chi connectivity index (χ4n) is 1.65. The summed E-state index contributed by atoms with van der Waals surface area (Å²) in [4.78, 5) is 0. The van der Waals surface area contributed by atoms with Crippen molar-refractivity contribution in [3.63, 3.8) is 0 Å². The third kappa shape index (κ3) is 4.54. The summed E-state index contributed by atoms with van der Waals surface area (Å²) >= 11 is 8.50. The molecule has 0 spiro atoms. The summed E-state index contributed by atoms with van der Waals surface area (Å²) in [6.07, 6.45) is 1.51. The number of aromatic hydroxyl groups is 1. The van der Waals surface area contributed by atoms with Crippen LogP contribution < -0.4 is 10.7 Å². The number of thiocarbonyl (C=S) groups is 1. The van der Waals surface area contributed by atoms with Crippen LogP contribution >= 0.6 is 28.1 Å². The van der Waals surface area contributed by atoms with Crippen LogP contribution in [0.1, 0.15) is 11.1 Å². The van der Waals surface area contributed by atoms with Crippen LogP contribution in [0, 0.1) is 6.92 Å². The van der Waals surface area contributed by atoms with E-state index in [9.17, 15) is 5.11 Å². The van der Waals surface area contributed by atoms with Gasteiger partial charge in [-0.3, -0.25) is 5.43 Å². The number of phenols is 1. The van der Waals surface area contributed by atoms with Gasteiger partial charge in [-0.1, -0.05) is 34.1 Å². The molecule has 3 N–H and O–H groups in total. The van der Waals surface area contributed by atoms with E-state index in [4.69, 9.17) is 12.2 Å². The van der Waals surface area contributed by atoms with Crippen molar-refractivity contribution >= 4 is 45.2 Å². The Labute approximate surface area is 137 Å². The number of hydrogen-bond donors (Lipinski definition) is 3. The Hall–Kier alpha value is -1.92. The first kappa shape index (κ1) is 15.5. The van der Waals surface area contributed by atoms with Crippen LogP contribution in [-0.4, -0.2) is 16.4 Å². The minimum atomic E-state index is 0.154. The Morgan fingerprint density at radius 1 is 1.29 bits per heavy atom. The molecule has 0 fully saturated rings. The first-order valence-corrected chi connectivity index (χ1v) is 7.40. The monoisotopic (exact) mass is 363 g/mol. The number of anilines is 1. The molecule has 108 valence electrons. The first-order valence-electron chi connectivity index (χ1n) is 6.20. The summed E-state index contributed by atoms with van der Waals surface area (Å²) in [5, 5.41) is 17.1. The van der Waals surface area contributed by atoms with E-state index in [2.05, 4.69) is 31.8 Å². The van der Waals surface area contributed by atoms with Crippen LogP contribution in [0.2, 0.25) is 0 Å². The molecule has 4 nitrogen and oxygen atoms in total. The molecular weight excluding hydrogens is 350 g/mol. The van der Waals surface area contributed by atoms with Gasteiger partial charge in [-0.2, -0.15) is 5.10 Å². The van der Waals surface area contributed by atoms with Crippen molar-refractivity contribution in [2.75, 3.05) is 5.32 Å². The standard InChI is InChI=1S/C15H14BrN3OS/c1-10-4-2-3-5-13(10)18-15(21)19-17-9-11-8-12(16)6-7-14(11)20/h2-9,20H,1H3,(H2,18,19,21)/b17-9+. The number of phenolic OH excluding ortho intramolecular Hbond substituents is 1. The maximum Gasteiger partial charge on any atom is 0.191 e. The van der Waals surface area contributed by atoms with E-state index in [-0.39, 0.29) is 5.75 Å². The van der Waals surface area contributed by atoms with Gasteiger partial charge in [0.1, 0.15) is 5.75 Å². The van der Waals surface area contributed by atoms with Gasteiger partial charge < -0.3 is 10.4 Å². The van der Waals surface area contributed by atoms with Gasteiger partial charge in [0.2, 0.25) is 0 Å². The molecule has 0 bridgehead atoms. The second-order valence-corrected chi connectivity index (χ2v) is 5.67. The van der Waals surface area contributed by atoms with Gasteiger partial charge in [0.15, 0.2) is 5.11 Å². The van der Waals surface area contributed by atoms with E-state index >= 15 is 0 Å². The Kier molecular flexibility index (Phi) is 5.30. The van der Waals surface area contributed by atoms with E-state index in [0.717, 1.165) is 15.7 Å². The number of hydrogen-bond acceptors (Lipinski definition) is 3. The molecule has 0 unspecified atom stereocenters. The number of halogens is 1. The number of benzene rings is 2. The largest absolute Gasteiger partial charge is 0.507 e. The quantitative estimate of drug-likeness (QED) is 0.441. The lowest BCUT2D eigenvalue weighted by Crippen LogP contribution is -2.24. The molecule has 2 aromatic carbocycles. The molecule has 0 saturated carbocycles. The topological polar surface area (TPSA) is 56.7 Å². The molecule has 0 atom stereocenters. The average Bonchev–Trinajstić information content (AvgIpc) is 2.45. The number of nitrogens with one attached hydrogen (secondary N) is 2. The molecule has 0 aromatic heterocycles. The summed E-state index contributed by atoms with van der Waals surface area (Å²) in [6.45, 7) is 1.99. The molecule has 0 radical (unpaired) electrons. The van der Waals surface area contributed by atoms with Crippen LogP contribution in [-0.2, 0) is 0 Å². The Morgan fingerprint density at radius 3 is 2.81 bits per heavy atom. The van der Waals surface area contributed by atoms with Gasteiger partial charge >= 0.3 is 0 Å². The fraction of sp³-hybridized carbons (Fsp3) is 0.0667. The van der Waals surface area contributed by atoms with Crippen LogP contribution in [0.3, 0.4) is 0 Å². The Bertz CT molecular complexity index is 688. The zero-order chi connectivity index (χ0) is 15.2. The lowest BCUT2D eigenvalue weighted by atomic mass is 10.2. The highest BCUT2D eigenvalue weighted by Gasteiger charge is 2.00. The van der Waals surface area contributed by atoms with Crippen LogP contribution in [0.5, 0.6) is 5.75 Å². The summed E-state index contributed by atoms with van der Waals surface area (Å²) in [6, 6.07) is 12.9. The zero-order valence-electron chi connectivity index (χ0n) is 11.3. The fourth-order valence-corrected chi connectivity index (χ4v) is 2.19. The van der Waals surface area contributed by atoms with Gasteiger partial charge in [-0.25, -0.2) is 0 Å². The van der Waals surface area contributed by atoms with Crippen molar-refractivity contribution in [1.82, 2.24) is 5.43 Å². The highest BCUT2D eigenvalue weighted by atomic mass is 79.9. The third-order valence-electron chi connectivity index (χ3n) is 2.75. The highest BCUT2D eigenvalue weighted by Crippen LogP contribution is 2.19. The van der Waals surface area contributed by atoms with Crippen molar-refractivity contribution in [2.24, 2.45) is 5.10 Å². The van der Waals surface area contributed by atoms with Crippen molar-refractivity contribution in [3.8, 4) is 5.75 Å². The summed E-state index contributed by atoms with van der Waals surface area (Å²) in [7, 11) is 0. The van der Waals surface area contributed by atoms with E-state index in [0.29, 0.717) is 10.7 Å². The summed E-state index contributed by atoms with van der Waals surface area (Å²) in [5.41, 5.74) is 5.33. The molecule has 0 aliphatic heterocycles. The van der Waals surface area contributed by atoms with Crippen molar-refractivity contribution < 1.29 is 5.11 Å². The second-order valence-electron chi connectivity index (χ2n) is 4.34. The maximum atomic E-state index is 9.68. The molecule has 0 aliphatic carbocycles. The van der Waals surface area contributed by atoms with Crippen molar-refractivity contribution in [2.45, 2.75) is 6.92 Å². The smallest absolute Gasteiger partial charge is 0.191 e. The summed E-state index contributed by atoms with van der Waals surface area (Å²) < 4.78 is 0.863. The molecule has 0 aliphatic rings. The molecule has 21 heavy (non-hydrogen) atoms. The van der Waals surface area contributed by atoms with Gasteiger partial charge in [-0.05, 0) is 49.0 Å². The number of aryl methyl sites for hydroxylation is 1. The lowest BCUT2D eigenvalue weighted by Gasteiger charge is -2.09. The van der Waals surface area contributed by atoms with E-state index in [1.54, 1.807) is 18.2 Å². The number of para-hydroxylation sites is 1. The SMILES string of the molecule is Cc1ccccc1NC(=S)N/N=C/c1cc(Br)ccc1O. The lowest BCUT2D eigenvalue weighted by molar-refractivity contribution is 0.474.